The van der Waals surface area contributed by atoms with Crippen LogP contribution in [0.4, 0.5) is 8.78 Å². The van der Waals surface area contributed by atoms with E-state index in [0.29, 0.717) is 35.0 Å². The first kappa shape index (κ1) is 22.2. The van der Waals surface area contributed by atoms with Gasteiger partial charge in [0, 0.05) is 11.8 Å². The zero-order valence-electron chi connectivity index (χ0n) is 18.4. The van der Waals surface area contributed by atoms with Gasteiger partial charge in [-0.2, -0.15) is 0 Å². The number of aryl methyl sites for hydroxylation is 1. The van der Waals surface area contributed by atoms with Crippen molar-refractivity contribution < 1.29 is 23.0 Å². The first-order chi connectivity index (χ1) is 14.6. The maximum atomic E-state index is 14.4. The smallest absolute Gasteiger partial charge is 0.162 e. The van der Waals surface area contributed by atoms with Crippen LogP contribution in [0.5, 0.6) is 0 Å². The summed E-state index contributed by atoms with van der Waals surface area (Å²) in [6, 6.07) is 3.47. The first-order valence-corrected chi connectivity index (χ1v) is 11.9. The number of benzene rings is 1. The highest BCUT2D eigenvalue weighted by molar-refractivity contribution is 5.28. The molecule has 3 nitrogen and oxygen atoms in total. The van der Waals surface area contributed by atoms with Crippen LogP contribution in [-0.4, -0.2) is 32.2 Å². The molecule has 0 N–H and O–H groups in total. The van der Waals surface area contributed by atoms with Gasteiger partial charge in [0.25, 0.3) is 0 Å². The molecule has 30 heavy (non-hydrogen) atoms. The molecule has 3 fully saturated rings. The number of halogens is 2. The molecule has 0 aromatic heterocycles. The van der Waals surface area contributed by atoms with Gasteiger partial charge < -0.3 is 14.2 Å². The Kier molecular flexibility index (Phi) is 7.43. The summed E-state index contributed by atoms with van der Waals surface area (Å²) in [5.74, 6) is 0.0550. The van der Waals surface area contributed by atoms with Crippen LogP contribution in [0.25, 0.3) is 0 Å². The zero-order chi connectivity index (χ0) is 21.1. The molecule has 2 aliphatic heterocycles. The van der Waals surface area contributed by atoms with E-state index in [4.69, 9.17) is 14.2 Å². The molecule has 0 amide bonds. The topological polar surface area (TPSA) is 27.7 Å². The van der Waals surface area contributed by atoms with Crippen LogP contribution in [0.15, 0.2) is 12.1 Å². The Hall–Kier alpha value is -1.04. The summed E-state index contributed by atoms with van der Waals surface area (Å²) >= 11 is 0. The molecular formula is C25H36F2O3. The molecular weight excluding hydrogens is 386 g/mol. The van der Waals surface area contributed by atoms with Crippen molar-refractivity contribution in [2.75, 3.05) is 19.8 Å². The summed E-state index contributed by atoms with van der Waals surface area (Å²) in [5, 5.41) is 0. The van der Waals surface area contributed by atoms with Crippen molar-refractivity contribution in [2.45, 2.75) is 83.5 Å². The van der Waals surface area contributed by atoms with Crippen LogP contribution in [0.1, 0.15) is 75.3 Å². The fourth-order valence-electron chi connectivity index (χ4n) is 5.55. The van der Waals surface area contributed by atoms with Gasteiger partial charge in [0.05, 0.1) is 25.9 Å². The van der Waals surface area contributed by atoms with E-state index in [-0.39, 0.29) is 12.2 Å². The second-order valence-corrected chi connectivity index (χ2v) is 9.59. The number of ether oxygens (including phenoxy) is 3. The maximum absolute atomic E-state index is 14.4. The standard InChI is InChI=1S/C25H36F2O3/c1-3-4-21-11-10-19(13-28-21)25-29-14-20(15-30-25)17-6-8-18(9-7-17)22-12-5-16(2)23(26)24(22)27/h5,12,17-21,25H,3-4,6-11,13-15H2,1-2H3. The van der Waals surface area contributed by atoms with Gasteiger partial charge in [0.1, 0.15) is 0 Å². The minimum atomic E-state index is -0.692. The highest BCUT2D eigenvalue weighted by atomic mass is 19.2. The summed E-state index contributed by atoms with van der Waals surface area (Å²) in [6.07, 6.45) is 8.65. The fraction of sp³-hybridized carbons (Fsp3) is 0.760. The Morgan fingerprint density at radius 2 is 1.47 bits per heavy atom. The second-order valence-electron chi connectivity index (χ2n) is 9.59. The lowest BCUT2D eigenvalue weighted by Gasteiger charge is -2.41. The van der Waals surface area contributed by atoms with Gasteiger partial charge in [0.2, 0.25) is 0 Å². The molecule has 0 bridgehead atoms. The van der Waals surface area contributed by atoms with E-state index in [1.807, 2.05) is 0 Å². The molecule has 0 spiro atoms. The minimum Gasteiger partial charge on any atom is -0.378 e. The van der Waals surface area contributed by atoms with Gasteiger partial charge >= 0.3 is 0 Å². The van der Waals surface area contributed by atoms with Gasteiger partial charge in [-0.15, -0.1) is 0 Å². The maximum Gasteiger partial charge on any atom is 0.162 e. The highest BCUT2D eigenvalue weighted by Crippen LogP contribution is 2.41. The van der Waals surface area contributed by atoms with Crippen molar-refractivity contribution in [1.82, 2.24) is 0 Å². The molecule has 3 aliphatic rings. The SMILES string of the molecule is CCCC1CCC(C2OCC(C3CCC(c4ccc(C)c(F)c4F)CC3)CO2)CO1. The molecule has 2 heterocycles. The Morgan fingerprint density at radius 1 is 0.800 bits per heavy atom. The van der Waals surface area contributed by atoms with E-state index < -0.39 is 11.6 Å². The number of hydrogen-bond donors (Lipinski definition) is 0. The van der Waals surface area contributed by atoms with Gasteiger partial charge in [0.15, 0.2) is 17.9 Å². The van der Waals surface area contributed by atoms with Crippen molar-refractivity contribution in [2.24, 2.45) is 17.8 Å². The zero-order valence-corrected chi connectivity index (χ0v) is 18.4. The summed E-state index contributed by atoms with van der Waals surface area (Å²) < 4.78 is 46.5. The van der Waals surface area contributed by atoms with Crippen LogP contribution in [0, 0.1) is 36.3 Å². The quantitative estimate of drug-likeness (QED) is 0.571. The van der Waals surface area contributed by atoms with Crippen molar-refractivity contribution in [1.29, 1.82) is 0 Å². The lowest BCUT2D eigenvalue weighted by atomic mass is 9.73. The molecule has 1 aromatic rings. The Bertz CT molecular complexity index is 686. The Morgan fingerprint density at radius 3 is 2.10 bits per heavy atom. The van der Waals surface area contributed by atoms with Crippen LogP contribution < -0.4 is 0 Å². The third kappa shape index (κ3) is 4.89. The normalized spacial score (nSPS) is 35.3. The van der Waals surface area contributed by atoms with E-state index >= 15 is 0 Å². The lowest BCUT2D eigenvalue weighted by molar-refractivity contribution is -0.247. The first-order valence-electron chi connectivity index (χ1n) is 11.9. The molecule has 168 valence electrons. The summed E-state index contributed by atoms with van der Waals surface area (Å²) in [7, 11) is 0. The molecule has 0 radical (unpaired) electrons. The molecule has 2 unspecified atom stereocenters. The average molecular weight is 423 g/mol. The van der Waals surface area contributed by atoms with Crippen molar-refractivity contribution in [3.05, 3.63) is 34.9 Å². The second kappa shape index (κ2) is 10.1. The van der Waals surface area contributed by atoms with Gasteiger partial charge in [-0.05, 0) is 74.8 Å². The van der Waals surface area contributed by atoms with E-state index in [0.717, 1.165) is 64.8 Å². The number of rotatable bonds is 5. The van der Waals surface area contributed by atoms with E-state index in [1.54, 1.807) is 19.1 Å². The predicted octanol–water partition coefficient (Wildman–Crippen LogP) is 6.13. The monoisotopic (exact) mass is 422 g/mol. The molecule has 1 aliphatic carbocycles. The summed E-state index contributed by atoms with van der Waals surface area (Å²) in [4.78, 5) is 0. The van der Waals surface area contributed by atoms with Crippen molar-refractivity contribution in [3.8, 4) is 0 Å². The molecule has 5 heteroatoms. The van der Waals surface area contributed by atoms with Crippen LogP contribution >= 0.6 is 0 Å². The molecule has 1 aromatic carbocycles. The molecule has 4 rings (SSSR count). The average Bonchev–Trinajstić information content (AvgIpc) is 2.79. The van der Waals surface area contributed by atoms with Gasteiger partial charge in [-0.25, -0.2) is 8.78 Å². The van der Waals surface area contributed by atoms with E-state index in [2.05, 4.69) is 6.92 Å². The van der Waals surface area contributed by atoms with Crippen molar-refractivity contribution >= 4 is 0 Å². The molecule has 2 atom stereocenters. The van der Waals surface area contributed by atoms with Crippen molar-refractivity contribution in [3.63, 3.8) is 0 Å². The van der Waals surface area contributed by atoms with E-state index in [1.165, 1.54) is 6.42 Å². The largest absolute Gasteiger partial charge is 0.378 e. The van der Waals surface area contributed by atoms with Gasteiger partial charge in [-0.1, -0.05) is 25.5 Å². The van der Waals surface area contributed by atoms with Crippen LogP contribution in [0.2, 0.25) is 0 Å². The fourth-order valence-corrected chi connectivity index (χ4v) is 5.55. The third-order valence-electron chi connectivity index (χ3n) is 7.53. The highest BCUT2D eigenvalue weighted by Gasteiger charge is 2.37. The predicted molar refractivity (Wildman–Crippen MR) is 112 cm³/mol. The summed E-state index contributed by atoms with van der Waals surface area (Å²) in [6.45, 7) is 6.03. The summed E-state index contributed by atoms with van der Waals surface area (Å²) in [5.41, 5.74) is 0.923. The molecule has 2 saturated heterocycles. The Labute approximate surface area is 179 Å². The van der Waals surface area contributed by atoms with Gasteiger partial charge in [-0.3, -0.25) is 0 Å². The van der Waals surface area contributed by atoms with Crippen LogP contribution in [-0.2, 0) is 14.2 Å². The number of hydrogen-bond acceptors (Lipinski definition) is 3. The minimum absolute atomic E-state index is 0.116. The van der Waals surface area contributed by atoms with Crippen LogP contribution in [0.3, 0.4) is 0 Å². The molecule has 1 saturated carbocycles. The van der Waals surface area contributed by atoms with E-state index in [9.17, 15) is 8.78 Å². The lowest BCUT2D eigenvalue weighted by Crippen LogP contribution is -2.43. The third-order valence-corrected chi connectivity index (χ3v) is 7.53. The Balaban J connectivity index is 1.23.